The molecule has 2 heterocycles. The summed E-state index contributed by atoms with van der Waals surface area (Å²) in [6, 6.07) is 3.35. The van der Waals surface area contributed by atoms with Crippen LogP contribution in [-0.2, 0) is 4.74 Å². The first-order valence-electron chi connectivity index (χ1n) is 5.99. The van der Waals surface area contributed by atoms with Crippen molar-refractivity contribution in [3.8, 4) is 10.6 Å². The summed E-state index contributed by atoms with van der Waals surface area (Å²) in [6.45, 7) is 5.39. The third-order valence-electron chi connectivity index (χ3n) is 2.26. The van der Waals surface area contributed by atoms with Crippen molar-refractivity contribution in [2.45, 2.75) is 26.4 Å². The molecule has 20 heavy (non-hydrogen) atoms. The van der Waals surface area contributed by atoms with Gasteiger partial charge in [-0.25, -0.2) is 14.8 Å². The van der Waals surface area contributed by atoms with Crippen molar-refractivity contribution in [1.82, 2.24) is 9.97 Å². The number of nitrogens with zero attached hydrogens (tertiary/aromatic N) is 2. The molecular weight excluding hydrogens is 276 g/mol. The van der Waals surface area contributed by atoms with E-state index >= 15 is 0 Å². The maximum atomic E-state index is 11.9. The van der Waals surface area contributed by atoms with E-state index in [2.05, 4.69) is 9.97 Å². The van der Waals surface area contributed by atoms with Gasteiger partial charge in [0.2, 0.25) is 0 Å². The zero-order chi connectivity index (χ0) is 14.8. The first-order chi connectivity index (χ1) is 9.39. The molecule has 0 spiro atoms. The number of ether oxygens (including phenoxy) is 1. The number of aldehydes is 1. The summed E-state index contributed by atoms with van der Waals surface area (Å²) in [6.07, 6.45) is 2.21. The summed E-state index contributed by atoms with van der Waals surface area (Å²) in [7, 11) is 0. The molecule has 0 aliphatic carbocycles. The molecule has 0 amide bonds. The van der Waals surface area contributed by atoms with Gasteiger partial charge in [0.25, 0.3) is 0 Å². The molecule has 0 N–H and O–H groups in total. The van der Waals surface area contributed by atoms with Crippen LogP contribution >= 0.6 is 11.3 Å². The first-order valence-corrected chi connectivity index (χ1v) is 6.87. The van der Waals surface area contributed by atoms with E-state index < -0.39 is 11.6 Å². The zero-order valence-corrected chi connectivity index (χ0v) is 12.2. The molecule has 0 atom stereocenters. The molecular formula is C14H14N2O3S. The number of esters is 1. The van der Waals surface area contributed by atoms with Crippen LogP contribution in [0.1, 0.15) is 41.7 Å². The molecule has 0 saturated heterocycles. The van der Waals surface area contributed by atoms with E-state index in [1.165, 1.54) is 17.5 Å². The molecule has 0 unspecified atom stereocenters. The lowest BCUT2D eigenvalue weighted by Crippen LogP contribution is -2.24. The van der Waals surface area contributed by atoms with Crippen molar-refractivity contribution in [2.24, 2.45) is 0 Å². The number of carbonyl (C=O) groups excluding carboxylic acids is 2. The van der Waals surface area contributed by atoms with Crippen LogP contribution in [0.4, 0.5) is 0 Å². The predicted octanol–water partition coefficient (Wildman–Crippen LogP) is 2.97. The SMILES string of the molecule is CC(C)(C)OC(=O)c1cc(-c2nc(C=O)cs2)ccn1. The van der Waals surface area contributed by atoms with Gasteiger partial charge in [-0.05, 0) is 32.9 Å². The molecule has 0 bridgehead atoms. The van der Waals surface area contributed by atoms with Gasteiger partial charge >= 0.3 is 5.97 Å². The van der Waals surface area contributed by atoms with Crippen molar-refractivity contribution >= 4 is 23.6 Å². The van der Waals surface area contributed by atoms with Gasteiger partial charge in [-0.15, -0.1) is 11.3 Å². The highest BCUT2D eigenvalue weighted by atomic mass is 32.1. The van der Waals surface area contributed by atoms with E-state index in [1.807, 2.05) is 0 Å². The number of pyridine rings is 1. The van der Waals surface area contributed by atoms with Gasteiger partial charge in [-0.3, -0.25) is 4.79 Å². The minimum absolute atomic E-state index is 0.222. The summed E-state index contributed by atoms with van der Waals surface area (Å²) >= 11 is 1.34. The second-order valence-electron chi connectivity index (χ2n) is 5.13. The Bertz CT molecular complexity index is 644. The molecule has 0 aliphatic rings. The van der Waals surface area contributed by atoms with Gasteiger partial charge in [0.15, 0.2) is 6.29 Å². The monoisotopic (exact) mass is 290 g/mol. The molecule has 0 aromatic carbocycles. The van der Waals surface area contributed by atoms with Crippen LogP contribution in [0.2, 0.25) is 0 Å². The average molecular weight is 290 g/mol. The van der Waals surface area contributed by atoms with Crippen LogP contribution in [0.5, 0.6) is 0 Å². The number of carbonyl (C=O) groups is 2. The quantitative estimate of drug-likeness (QED) is 0.642. The molecule has 5 nitrogen and oxygen atoms in total. The normalized spacial score (nSPS) is 11.2. The van der Waals surface area contributed by atoms with Gasteiger partial charge < -0.3 is 4.74 Å². The Balaban J connectivity index is 2.28. The molecule has 0 aliphatic heterocycles. The largest absolute Gasteiger partial charge is 0.455 e. The van der Waals surface area contributed by atoms with Gasteiger partial charge in [-0.2, -0.15) is 0 Å². The average Bonchev–Trinajstić information content (AvgIpc) is 2.85. The van der Waals surface area contributed by atoms with Gasteiger partial charge in [0.05, 0.1) is 0 Å². The molecule has 2 rings (SSSR count). The van der Waals surface area contributed by atoms with Gasteiger partial charge in [0.1, 0.15) is 22.0 Å². The topological polar surface area (TPSA) is 69.2 Å². The van der Waals surface area contributed by atoms with Crippen molar-refractivity contribution in [3.63, 3.8) is 0 Å². The van der Waals surface area contributed by atoms with Crippen molar-refractivity contribution < 1.29 is 14.3 Å². The van der Waals surface area contributed by atoms with Gasteiger partial charge in [0, 0.05) is 17.1 Å². The van der Waals surface area contributed by atoms with E-state index in [1.54, 1.807) is 38.3 Å². The number of rotatable bonds is 3. The Hall–Kier alpha value is -2.08. The van der Waals surface area contributed by atoms with Crippen molar-refractivity contribution in [2.75, 3.05) is 0 Å². The fourth-order valence-electron chi connectivity index (χ4n) is 1.48. The van der Waals surface area contributed by atoms with E-state index in [4.69, 9.17) is 4.74 Å². The van der Waals surface area contributed by atoms with Crippen LogP contribution in [0.3, 0.4) is 0 Å². The molecule has 2 aromatic rings. The molecule has 6 heteroatoms. The van der Waals surface area contributed by atoms with E-state index in [-0.39, 0.29) is 5.69 Å². The Morgan fingerprint density at radius 2 is 2.15 bits per heavy atom. The summed E-state index contributed by atoms with van der Waals surface area (Å²) < 4.78 is 5.27. The third-order valence-corrected chi connectivity index (χ3v) is 3.17. The van der Waals surface area contributed by atoms with Crippen LogP contribution < -0.4 is 0 Å². The highest BCUT2D eigenvalue weighted by Crippen LogP contribution is 2.24. The van der Waals surface area contributed by atoms with E-state index in [0.717, 1.165) is 5.56 Å². The summed E-state index contributed by atoms with van der Waals surface area (Å²) in [5.74, 6) is -0.480. The summed E-state index contributed by atoms with van der Waals surface area (Å²) in [4.78, 5) is 30.7. The van der Waals surface area contributed by atoms with Gasteiger partial charge in [-0.1, -0.05) is 0 Å². The number of thiazole rings is 1. The summed E-state index contributed by atoms with van der Waals surface area (Å²) in [5, 5.41) is 2.33. The highest BCUT2D eigenvalue weighted by Gasteiger charge is 2.19. The maximum Gasteiger partial charge on any atom is 0.357 e. The molecule has 104 valence electrons. The zero-order valence-electron chi connectivity index (χ0n) is 11.4. The minimum atomic E-state index is -0.569. The standard InChI is InChI=1S/C14H14N2O3S/c1-14(2,3)19-13(18)11-6-9(4-5-15-11)12-16-10(7-17)8-20-12/h4-8H,1-3H3. The van der Waals surface area contributed by atoms with Crippen LogP contribution in [0.25, 0.3) is 10.6 Å². The smallest absolute Gasteiger partial charge is 0.357 e. The first kappa shape index (κ1) is 14.3. The lowest BCUT2D eigenvalue weighted by Gasteiger charge is -2.19. The van der Waals surface area contributed by atoms with Crippen LogP contribution in [0.15, 0.2) is 23.7 Å². The molecule has 2 aromatic heterocycles. The summed E-state index contributed by atoms with van der Waals surface area (Å²) in [5.41, 5.74) is 0.764. The fraction of sp³-hybridized carbons (Fsp3) is 0.286. The Morgan fingerprint density at radius 1 is 1.40 bits per heavy atom. The van der Waals surface area contributed by atoms with Crippen LogP contribution in [0, 0.1) is 0 Å². The Kier molecular flexibility index (Phi) is 3.94. The van der Waals surface area contributed by atoms with Crippen LogP contribution in [-0.4, -0.2) is 27.8 Å². The third kappa shape index (κ3) is 3.48. The second kappa shape index (κ2) is 5.50. The van der Waals surface area contributed by atoms with Crippen molar-refractivity contribution in [1.29, 1.82) is 0 Å². The van der Waals surface area contributed by atoms with E-state index in [9.17, 15) is 9.59 Å². The lowest BCUT2D eigenvalue weighted by atomic mass is 10.2. The number of hydrogen-bond acceptors (Lipinski definition) is 6. The molecule has 0 saturated carbocycles. The fourth-order valence-corrected chi connectivity index (χ4v) is 2.24. The number of hydrogen-bond donors (Lipinski definition) is 0. The van der Waals surface area contributed by atoms with E-state index in [0.29, 0.717) is 17.0 Å². The lowest BCUT2D eigenvalue weighted by molar-refractivity contribution is 0.00628. The second-order valence-corrected chi connectivity index (χ2v) is 5.99. The van der Waals surface area contributed by atoms with Crippen molar-refractivity contribution in [3.05, 3.63) is 35.1 Å². The Morgan fingerprint density at radius 3 is 2.75 bits per heavy atom. The highest BCUT2D eigenvalue weighted by molar-refractivity contribution is 7.13. The minimum Gasteiger partial charge on any atom is -0.455 e. The number of aromatic nitrogens is 2. The predicted molar refractivity (Wildman–Crippen MR) is 75.9 cm³/mol. The maximum absolute atomic E-state index is 11.9. The Labute approximate surface area is 120 Å². The molecule has 0 fully saturated rings. The molecule has 0 radical (unpaired) electrons.